The lowest BCUT2D eigenvalue weighted by molar-refractivity contribution is 0.133. The molecule has 2 aromatic rings. The Kier molecular flexibility index (Phi) is 4.29. The third-order valence-corrected chi connectivity index (χ3v) is 5.11. The number of aromatic nitrogens is 1. The minimum absolute atomic E-state index is 0.0620. The van der Waals surface area contributed by atoms with Crippen LogP contribution in [0, 0.1) is 3.57 Å². The van der Waals surface area contributed by atoms with Crippen molar-refractivity contribution in [3.63, 3.8) is 0 Å². The second kappa shape index (κ2) is 6.00. The van der Waals surface area contributed by atoms with Crippen LogP contribution in [0.3, 0.4) is 0 Å². The largest absolute Gasteiger partial charge is 0.388 e. The van der Waals surface area contributed by atoms with Gasteiger partial charge in [-0.2, -0.15) is 0 Å². The molecule has 2 nitrogen and oxygen atoms in total. The lowest BCUT2D eigenvalue weighted by Gasteiger charge is -2.29. The standard InChI is InChI=1S/C16H15ClINO/c17-11-6-7-14(18)13(9-11)16(20)12-5-1-3-10-4-2-8-19-15(10)12/h2,4,6-9,12,16,20H,1,3,5H2. The van der Waals surface area contributed by atoms with Gasteiger partial charge in [0.2, 0.25) is 0 Å². The highest BCUT2D eigenvalue weighted by molar-refractivity contribution is 14.1. The summed E-state index contributed by atoms with van der Waals surface area (Å²) >= 11 is 8.32. The Morgan fingerprint density at radius 3 is 3.05 bits per heavy atom. The van der Waals surface area contributed by atoms with Crippen LogP contribution in [-0.2, 0) is 6.42 Å². The van der Waals surface area contributed by atoms with Crippen LogP contribution in [0.25, 0.3) is 0 Å². The quantitative estimate of drug-likeness (QED) is 0.755. The van der Waals surface area contributed by atoms with Gasteiger partial charge in [0, 0.05) is 26.4 Å². The third kappa shape index (κ3) is 2.71. The molecule has 1 N–H and O–H groups in total. The number of halogens is 2. The van der Waals surface area contributed by atoms with Gasteiger partial charge in [-0.1, -0.05) is 17.7 Å². The molecule has 0 aliphatic heterocycles. The summed E-state index contributed by atoms with van der Waals surface area (Å²) in [5.74, 6) is 0.0620. The molecular weight excluding hydrogens is 385 g/mol. The van der Waals surface area contributed by atoms with E-state index in [4.69, 9.17) is 11.6 Å². The Morgan fingerprint density at radius 1 is 1.35 bits per heavy atom. The van der Waals surface area contributed by atoms with Crippen molar-refractivity contribution in [3.8, 4) is 0 Å². The molecule has 4 heteroatoms. The molecule has 1 aliphatic carbocycles. The van der Waals surface area contributed by atoms with Gasteiger partial charge >= 0.3 is 0 Å². The lowest BCUT2D eigenvalue weighted by Crippen LogP contribution is -2.19. The minimum atomic E-state index is -0.547. The van der Waals surface area contributed by atoms with Crippen molar-refractivity contribution < 1.29 is 5.11 Å². The molecule has 2 atom stereocenters. The van der Waals surface area contributed by atoms with Crippen molar-refractivity contribution >= 4 is 34.2 Å². The van der Waals surface area contributed by atoms with Crippen LogP contribution in [0.5, 0.6) is 0 Å². The van der Waals surface area contributed by atoms with E-state index < -0.39 is 6.10 Å². The number of hydrogen-bond donors (Lipinski definition) is 1. The molecule has 1 aromatic heterocycles. The van der Waals surface area contributed by atoms with Crippen LogP contribution < -0.4 is 0 Å². The van der Waals surface area contributed by atoms with Crippen molar-refractivity contribution in [1.29, 1.82) is 0 Å². The first-order valence-electron chi connectivity index (χ1n) is 6.73. The van der Waals surface area contributed by atoms with Gasteiger partial charge in [-0.15, -0.1) is 0 Å². The van der Waals surface area contributed by atoms with Gasteiger partial charge in [0.25, 0.3) is 0 Å². The molecule has 0 radical (unpaired) electrons. The maximum atomic E-state index is 10.8. The SMILES string of the molecule is OC(c1cc(Cl)ccc1I)C1CCCc2cccnc21. The molecule has 1 aromatic carbocycles. The summed E-state index contributed by atoms with van der Waals surface area (Å²) in [6.45, 7) is 0. The molecule has 20 heavy (non-hydrogen) atoms. The summed E-state index contributed by atoms with van der Waals surface area (Å²) in [7, 11) is 0. The first kappa shape index (κ1) is 14.3. The Balaban J connectivity index is 1.99. The average Bonchev–Trinajstić information content (AvgIpc) is 2.48. The van der Waals surface area contributed by atoms with Crippen LogP contribution in [0.4, 0.5) is 0 Å². The van der Waals surface area contributed by atoms with Crippen LogP contribution in [0.1, 0.15) is 41.7 Å². The molecule has 104 valence electrons. The lowest BCUT2D eigenvalue weighted by atomic mass is 9.81. The van der Waals surface area contributed by atoms with E-state index in [-0.39, 0.29) is 5.92 Å². The maximum absolute atomic E-state index is 10.8. The number of nitrogens with zero attached hydrogens (tertiary/aromatic N) is 1. The minimum Gasteiger partial charge on any atom is -0.388 e. The monoisotopic (exact) mass is 399 g/mol. The highest BCUT2D eigenvalue weighted by atomic mass is 127. The van der Waals surface area contributed by atoms with Gasteiger partial charge in [-0.05, 0) is 77.2 Å². The molecule has 0 fully saturated rings. The average molecular weight is 400 g/mol. The maximum Gasteiger partial charge on any atom is 0.0884 e. The van der Waals surface area contributed by atoms with E-state index in [2.05, 4.69) is 33.6 Å². The van der Waals surface area contributed by atoms with E-state index in [1.807, 2.05) is 30.5 Å². The molecule has 3 rings (SSSR count). The summed E-state index contributed by atoms with van der Waals surface area (Å²) in [5, 5.41) is 11.5. The molecule has 1 heterocycles. The molecule has 2 unspecified atom stereocenters. The zero-order chi connectivity index (χ0) is 14.1. The topological polar surface area (TPSA) is 33.1 Å². The number of benzene rings is 1. The first-order chi connectivity index (χ1) is 9.66. The molecular formula is C16H15ClINO. The van der Waals surface area contributed by atoms with Crippen LogP contribution in [0.2, 0.25) is 5.02 Å². The first-order valence-corrected chi connectivity index (χ1v) is 8.19. The highest BCUT2D eigenvalue weighted by Gasteiger charge is 2.29. The normalized spacial score (nSPS) is 19.4. The highest BCUT2D eigenvalue weighted by Crippen LogP contribution is 2.40. The number of aryl methyl sites for hydroxylation is 1. The fourth-order valence-corrected chi connectivity index (χ4v) is 3.75. The van der Waals surface area contributed by atoms with Gasteiger partial charge < -0.3 is 5.11 Å². The van der Waals surface area contributed by atoms with Crippen molar-refractivity contribution in [2.75, 3.05) is 0 Å². The molecule has 0 saturated carbocycles. The van der Waals surface area contributed by atoms with Gasteiger partial charge in [0.15, 0.2) is 0 Å². The van der Waals surface area contributed by atoms with Crippen molar-refractivity contribution in [1.82, 2.24) is 4.98 Å². The predicted octanol–water partition coefficient (Wildman–Crippen LogP) is 4.49. The van der Waals surface area contributed by atoms with Gasteiger partial charge in [-0.3, -0.25) is 4.98 Å². The second-order valence-corrected chi connectivity index (χ2v) is 6.76. The Bertz CT molecular complexity index is 632. The van der Waals surface area contributed by atoms with E-state index in [1.165, 1.54) is 5.56 Å². The van der Waals surface area contributed by atoms with E-state index in [9.17, 15) is 5.11 Å². The van der Waals surface area contributed by atoms with Gasteiger partial charge in [0.1, 0.15) is 0 Å². The number of fused-ring (bicyclic) bond motifs is 1. The molecule has 0 amide bonds. The molecule has 0 saturated heterocycles. The number of aliphatic hydroxyl groups is 1. The number of pyridine rings is 1. The summed E-state index contributed by atoms with van der Waals surface area (Å²) < 4.78 is 1.04. The van der Waals surface area contributed by atoms with Gasteiger partial charge in [-0.25, -0.2) is 0 Å². The zero-order valence-electron chi connectivity index (χ0n) is 10.9. The molecule has 0 spiro atoms. The van der Waals surface area contributed by atoms with Crippen LogP contribution >= 0.6 is 34.2 Å². The predicted molar refractivity (Wildman–Crippen MR) is 89.0 cm³/mol. The van der Waals surface area contributed by atoms with E-state index >= 15 is 0 Å². The zero-order valence-corrected chi connectivity index (χ0v) is 13.8. The van der Waals surface area contributed by atoms with Crippen molar-refractivity contribution in [2.24, 2.45) is 0 Å². The third-order valence-electron chi connectivity index (χ3n) is 3.90. The fraction of sp³-hybridized carbons (Fsp3) is 0.312. The van der Waals surface area contributed by atoms with Crippen molar-refractivity contribution in [2.45, 2.75) is 31.3 Å². The Morgan fingerprint density at radius 2 is 2.20 bits per heavy atom. The summed E-state index contributed by atoms with van der Waals surface area (Å²) in [6, 6.07) is 9.75. The summed E-state index contributed by atoms with van der Waals surface area (Å²) in [5.41, 5.74) is 3.21. The Hall–Kier alpha value is -0.650. The number of aliphatic hydroxyl groups excluding tert-OH is 1. The van der Waals surface area contributed by atoms with Crippen LogP contribution in [-0.4, -0.2) is 10.1 Å². The van der Waals surface area contributed by atoms with Crippen LogP contribution in [0.15, 0.2) is 36.5 Å². The van der Waals surface area contributed by atoms with Crippen molar-refractivity contribution in [3.05, 3.63) is 61.9 Å². The van der Waals surface area contributed by atoms with E-state index in [0.29, 0.717) is 5.02 Å². The molecule has 1 aliphatic rings. The van der Waals surface area contributed by atoms with Gasteiger partial charge in [0.05, 0.1) is 6.10 Å². The Labute approximate surface area is 137 Å². The smallest absolute Gasteiger partial charge is 0.0884 e. The van der Waals surface area contributed by atoms with E-state index in [0.717, 1.165) is 34.1 Å². The number of rotatable bonds is 2. The van der Waals surface area contributed by atoms with E-state index in [1.54, 1.807) is 0 Å². The summed E-state index contributed by atoms with van der Waals surface area (Å²) in [4.78, 5) is 4.50. The second-order valence-electron chi connectivity index (χ2n) is 5.16. The fourth-order valence-electron chi connectivity index (χ4n) is 2.91. The number of hydrogen-bond acceptors (Lipinski definition) is 2. The molecule has 0 bridgehead atoms. The summed E-state index contributed by atoms with van der Waals surface area (Å²) in [6.07, 6.45) is 4.38.